The van der Waals surface area contributed by atoms with Crippen molar-refractivity contribution < 1.29 is 22.6 Å². The summed E-state index contributed by atoms with van der Waals surface area (Å²) >= 11 is 0. The van der Waals surface area contributed by atoms with Crippen molar-refractivity contribution in [2.45, 2.75) is 43.9 Å². The molecule has 0 bridgehead atoms. The molecule has 0 heterocycles. The van der Waals surface area contributed by atoms with Gasteiger partial charge in [-0.2, -0.15) is 13.2 Å². The standard InChI is InChI=1S/C15H19F3O2/c1-19-13-10-11(15(16,17)18)6-7-12(13)14(20-2)8-4-3-5-9-14/h6-7,10H,3-5,8-9H2,1-2H3. The second-order valence-corrected chi connectivity index (χ2v) is 5.17. The summed E-state index contributed by atoms with van der Waals surface area (Å²) in [5.41, 5.74) is -0.497. The van der Waals surface area contributed by atoms with E-state index in [0.29, 0.717) is 0 Å². The fraction of sp³-hybridized carbons (Fsp3) is 0.600. The van der Waals surface area contributed by atoms with Crippen LogP contribution in [0, 0.1) is 0 Å². The van der Waals surface area contributed by atoms with E-state index in [9.17, 15) is 13.2 Å². The molecule has 0 amide bonds. The smallest absolute Gasteiger partial charge is 0.416 e. The van der Waals surface area contributed by atoms with E-state index in [1.807, 2.05) is 0 Å². The maximum atomic E-state index is 12.8. The van der Waals surface area contributed by atoms with Gasteiger partial charge in [0.2, 0.25) is 0 Å². The molecule has 20 heavy (non-hydrogen) atoms. The Morgan fingerprint density at radius 3 is 2.20 bits per heavy atom. The molecule has 1 saturated carbocycles. The van der Waals surface area contributed by atoms with Crippen LogP contribution in [0.15, 0.2) is 18.2 Å². The van der Waals surface area contributed by atoms with E-state index in [0.717, 1.165) is 49.8 Å². The van der Waals surface area contributed by atoms with Gasteiger partial charge in [-0.3, -0.25) is 0 Å². The minimum Gasteiger partial charge on any atom is -0.496 e. The van der Waals surface area contributed by atoms with Crippen LogP contribution in [0.5, 0.6) is 5.75 Å². The summed E-state index contributed by atoms with van der Waals surface area (Å²) in [6.45, 7) is 0. The summed E-state index contributed by atoms with van der Waals surface area (Å²) in [5.74, 6) is 0.253. The molecule has 0 saturated heterocycles. The van der Waals surface area contributed by atoms with Gasteiger partial charge in [0.25, 0.3) is 0 Å². The summed E-state index contributed by atoms with van der Waals surface area (Å²) in [6, 6.07) is 3.66. The minimum atomic E-state index is -4.36. The van der Waals surface area contributed by atoms with Gasteiger partial charge in [0.05, 0.1) is 18.3 Å². The SMILES string of the molecule is COc1cc(C(F)(F)F)ccc1C1(OC)CCCCC1. The van der Waals surface area contributed by atoms with Gasteiger partial charge in [0, 0.05) is 12.7 Å². The Morgan fingerprint density at radius 2 is 1.70 bits per heavy atom. The van der Waals surface area contributed by atoms with Gasteiger partial charge in [0.15, 0.2) is 0 Å². The van der Waals surface area contributed by atoms with E-state index in [-0.39, 0.29) is 5.75 Å². The predicted octanol–water partition coefficient (Wildman–Crippen LogP) is 4.52. The first-order chi connectivity index (χ1) is 9.43. The Balaban J connectivity index is 2.45. The van der Waals surface area contributed by atoms with Crippen molar-refractivity contribution in [1.82, 2.24) is 0 Å². The van der Waals surface area contributed by atoms with Crippen LogP contribution in [0.4, 0.5) is 13.2 Å². The number of ether oxygens (including phenoxy) is 2. The summed E-state index contributed by atoms with van der Waals surface area (Å²) in [6.07, 6.45) is 0.416. The summed E-state index contributed by atoms with van der Waals surface area (Å²) in [5, 5.41) is 0. The minimum absolute atomic E-state index is 0.253. The van der Waals surface area contributed by atoms with E-state index in [4.69, 9.17) is 9.47 Å². The summed E-state index contributed by atoms with van der Waals surface area (Å²) in [7, 11) is 3.01. The third-order valence-corrected chi connectivity index (χ3v) is 4.07. The number of alkyl halides is 3. The lowest BCUT2D eigenvalue weighted by molar-refractivity contribution is -0.137. The number of hydrogen-bond acceptors (Lipinski definition) is 2. The van der Waals surface area contributed by atoms with Gasteiger partial charge in [-0.1, -0.05) is 25.3 Å². The molecule has 5 heteroatoms. The predicted molar refractivity (Wildman–Crippen MR) is 69.8 cm³/mol. The first-order valence-electron chi connectivity index (χ1n) is 6.74. The normalized spacial score (nSPS) is 18.9. The first-order valence-corrected chi connectivity index (χ1v) is 6.74. The monoisotopic (exact) mass is 288 g/mol. The number of rotatable bonds is 3. The Kier molecular flexibility index (Phi) is 4.28. The third kappa shape index (κ3) is 2.77. The highest BCUT2D eigenvalue weighted by Gasteiger charge is 2.38. The Morgan fingerprint density at radius 1 is 1.05 bits per heavy atom. The third-order valence-electron chi connectivity index (χ3n) is 4.07. The molecular weight excluding hydrogens is 269 g/mol. The van der Waals surface area contributed by atoms with E-state index in [1.165, 1.54) is 13.2 Å². The molecule has 2 rings (SSSR count). The van der Waals surface area contributed by atoms with Crippen molar-refractivity contribution in [2.75, 3.05) is 14.2 Å². The van der Waals surface area contributed by atoms with Gasteiger partial charge < -0.3 is 9.47 Å². The summed E-state index contributed by atoms with van der Waals surface area (Å²) < 4.78 is 49.2. The molecule has 2 nitrogen and oxygen atoms in total. The fourth-order valence-electron chi connectivity index (χ4n) is 2.95. The quantitative estimate of drug-likeness (QED) is 0.814. The highest BCUT2D eigenvalue weighted by atomic mass is 19.4. The van der Waals surface area contributed by atoms with Crippen LogP contribution in [0.3, 0.4) is 0 Å². The van der Waals surface area contributed by atoms with Gasteiger partial charge in [0.1, 0.15) is 5.75 Å². The summed E-state index contributed by atoms with van der Waals surface area (Å²) in [4.78, 5) is 0. The number of halogens is 3. The average Bonchev–Trinajstić information content (AvgIpc) is 2.46. The van der Waals surface area contributed by atoms with Crippen LogP contribution in [0.2, 0.25) is 0 Å². The van der Waals surface area contributed by atoms with Gasteiger partial charge in [-0.15, -0.1) is 0 Å². The molecule has 0 unspecified atom stereocenters. The molecule has 0 aromatic heterocycles. The van der Waals surface area contributed by atoms with Crippen molar-refractivity contribution >= 4 is 0 Å². The molecule has 112 valence electrons. The number of benzene rings is 1. The lowest BCUT2D eigenvalue weighted by atomic mass is 9.78. The molecule has 0 aliphatic heterocycles. The second kappa shape index (κ2) is 5.64. The van der Waals surface area contributed by atoms with Crippen LogP contribution in [-0.2, 0) is 16.5 Å². The van der Waals surface area contributed by atoms with E-state index in [2.05, 4.69) is 0 Å². The van der Waals surface area contributed by atoms with Gasteiger partial charge in [-0.25, -0.2) is 0 Å². The van der Waals surface area contributed by atoms with Gasteiger partial charge >= 0.3 is 6.18 Å². The maximum Gasteiger partial charge on any atom is 0.416 e. The highest BCUT2D eigenvalue weighted by molar-refractivity contribution is 5.42. The molecule has 0 N–H and O–H groups in total. The molecule has 0 atom stereocenters. The van der Waals surface area contributed by atoms with Crippen molar-refractivity contribution in [3.63, 3.8) is 0 Å². The van der Waals surface area contributed by atoms with Gasteiger partial charge in [-0.05, 0) is 25.0 Å². The molecule has 1 fully saturated rings. The lowest BCUT2D eigenvalue weighted by Crippen LogP contribution is -2.31. The molecule has 1 aromatic rings. The lowest BCUT2D eigenvalue weighted by Gasteiger charge is -2.37. The van der Waals surface area contributed by atoms with Crippen molar-refractivity contribution in [3.8, 4) is 5.75 Å². The Labute approximate surface area is 116 Å². The van der Waals surface area contributed by atoms with Crippen LogP contribution in [-0.4, -0.2) is 14.2 Å². The Bertz CT molecular complexity index is 463. The molecular formula is C15H19F3O2. The highest BCUT2D eigenvalue weighted by Crippen LogP contribution is 2.45. The molecule has 0 spiro atoms. The first kappa shape index (κ1) is 15.2. The Hall–Kier alpha value is -1.23. The number of methoxy groups -OCH3 is 2. The zero-order valence-corrected chi connectivity index (χ0v) is 11.7. The van der Waals surface area contributed by atoms with Crippen molar-refractivity contribution in [1.29, 1.82) is 0 Å². The van der Waals surface area contributed by atoms with Crippen molar-refractivity contribution in [3.05, 3.63) is 29.3 Å². The molecule has 1 aliphatic rings. The van der Waals surface area contributed by atoms with Crippen LogP contribution in [0.1, 0.15) is 43.2 Å². The van der Waals surface area contributed by atoms with Crippen LogP contribution >= 0.6 is 0 Å². The maximum absolute atomic E-state index is 12.8. The molecule has 0 radical (unpaired) electrons. The van der Waals surface area contributed by atoms with E-state index >= 15 is 0 Å². The van der Waals surface area contributed by atoms with E-state index < -0.39 is 17.3 Å². The zero-order valence-electron chi connectivity index (χ0n) is 11.7. The topological polar surface area (TPSA) is 18.5 Å². The van der Waals surface area contributed by atoms with Crippen molar-refractivity contribution in [2.24, 2.45) is 0 Å². The van der Waals surface area contributed by atoms with Crippen LogP contribution < -0.4 is 4.74 Å². The molecule has 1 aliphatic carbocycles. The molecule has 1 aromatic carbocycles. The van der Waals surface area contributed by atoms with E-state index in [1.54, 1.807) is 7.11 Å². The largest absolute Gasteiger partial charge is 0.496 e. The fourth-order valence-corrected chi connectivity index (χ4v) is 2.95. The number of hydrogen-bond donors (Lipinski definition) is 0. The zero-order chi connectivity index (χ0) is 14.8. The second-order valence-electron chi connectivity index (χ2n) is 5.17. The van der Waals surface area contributed by atoms with Crippen LogP contribution in [0.25, 0.3) is 0 Å². The average molecular weight is 288 g/mol.